The molecule has 0 spiro atoms. The zero-order valence-electron chi connectivity index (χ0n) is 10.6. The molecule has 19 heavy (non-hydrogen) atoms. The molecule has 100 valence electrons. The maximum atomic E-state index is 12.9. The molecule has 1 heterocycles. The number of hydrogen-bond acceptors (Lipinski definition) is 2. The normalized spacial score (nSPS) is 22.4. The lowest BCUT2D eigenvalue weighted by molar-refractivity contribution is -0.127. The topological polar surface area (TPSA) is 49.4 Å². The van der Waals surface area contributed by atoms with Crippen molar-refractivity contribution in [3.8, 4) is 0 Å². The van der Waals surface area contributed by atoms with Crippen LogP contribution in [-0.2, 0) is 9.59 Å². The van der Waals surface area contributed by atoms with Crippen molar-refractivity contribution < 1.29 is 14.0 Å². The molecule has 2 amide bonds. The summed E-state index contributed by atoms with van der Waals surface area (Å²) in [7, 11) is 1.68. The Hall–Kier alpha value is -2.17. The van der Waals surface area contributed by atoms with Crippen LogP contribution in [0, 0.1) is 5.82 Å². The van der Waals surface area contributed by atoms with Gasteiger partial charge < -0.3 is 10.2 Å². The summed E-state index contributed by atoms with van der Waals surface area (Å²) < 4.78 is 12.9. The lowest BCUT2D eigenvalue weighted by Gasteiger charge is -2.25. The summed E-state index contributed by atoms with van der Waals surface area (Å²) in [5, 5.41) is 2.74. The average molecular weight is 262 g/mol. The van der Waals surface area contributed by atoms with Gasteiger partial charge in [-0.25, -0.2) is 4.39 Å². The SMILES string of the molecule is C=CC(=O)NC1CC(=O)N(C)C1c1ccc(F)cc1. The second-order valence-corrected chi connectivity index (χ2v) is 4.52. The molecule has 0 radical (unpaired) electrons. The molecule has 1 aliphatic heterocycles. The lowest BCUT2D eigenvalue weighted by atomic mass is 10.00. The molecule has 1 fully saturated rings. The van der Waals surface area contributed by atoms with Crippen LogP contribution in [0.4, 0.5) is 4.39 Å². The van der Waals surface area contributed by atoms with Crippen LogP contribution in [0.1, 0.15) is 18.0 Å². The van der Waals surface area contributed by atoms with Crippen LogP contribution in [0.25, 0.3) is 0 Å². The van der Waals surface area contributed by atoms with Gasteiger partial charge in [-0.1, -0.05) is 18.7 Å². The number of likely N-dealkylation sites (N-methyl/N-ethyl adjacent to an activating group) is 1. The van der Waals surface area contributed by atoms with Crippen LogP contribution in [0.5, 0.6) is 0 Å². The van der Waals surface area contributed by atoms with E-state index < -0.39 is 0 Å². The van der Waals surface area contributed by atoms with Gasteiger partial charge in [0.1, 0.15) is 5.82 Å². The van der Waals surface area contributed by atoms with Crippen LogP contribution < -0.4 is 5.32 Å². The summed E-state index contributed by atoms with van der Waals surface area (Å²) >= 11 is 0. The molecule has 1 aliphatic rings. The number of likely N-dealkylation sites (tertiary alicyclic amines) is 1. The third kappa shape index (κ3) is 2.65. The second kappa shape index (κ2) is 5.22. The number of amides is 2. The van der Waals surface area contributed by atoms with Gasteiger partial charge in [-0.3, -0.25) is 9.59 Å². The molecule has 5 heteroatoms. The Morgan fingerprint density at radius 2 is 2.11 bits per heavy atom. The number of halogens is 1. The van der Waals surface area contributed by atoms with Crippen molar-refractivity contribution in [2.24, 2.45) is 0 Å². The predicted octanol–water partition coefficient (Wildman–Crippen LogP) is 1.40. The van der Waals surface area contributed by atoms with Crippen molar-refractivity contribution in [1.82, 2.24) is 10.2 Å². The fourth-order valence-electron chi connectivity index (χ4n) is 2.36. The molecule has 0 saturated carbocycles. The van der Waals surface area contributed by atoms with Gasteiger partial charge in [-0.05, 0) is 23.8 Å². The molecular weight excluding hydrogens is 247 g/mol. The fraction of sp³-hybridized carbons (Fsp3) is 0.286. The number of rotatable bonds is 3. The zero-order valence-corrected chi connectivity index (χ0v) is 10.6. The Labute approximate surface area is 110 Å². The monoisotopic (exact) mass is 262 g/mol. The summed E-state index contributed by atoms with van der Waals surface area (Å²) in [4.78, 5) is 24.7. The molecule has 2 rings (SSSR count). The van der Waals surface area contributed by atoms with Gasteiger partial charge in [-0.2, -0.15) is 0 Å². The first kappa shape index (κ1) is 13.3. The van der Waals surface area contributed by atoms with Crippen LogP contribution in [0.15, 0.2) is 36.9 Å². The quantitative estimate of drug-likeness (QED) is 0.837. The van der Waals surface area contributed by atoms with E-state index in [0.717, 1.165) is 5.56 Å². The highest BCUT2D eigenvalue weighted by molar-refractivity contribution is 5.88. The van der Waals surface area contributed by atoms with Crippen molar-refractivity contribution in [1.29, 1.82) is 0 Å². The summed E-state index contributed by atoms with van der Waals surface area (Å²) in [5.74, 6) is -0.702. The van der Waals surface area contributed by atoms with Crippen molar-refractivity contribution in [2.75, 3.05) is 7.05 Å². The third-order valence-corrected chi connectivity index (χ3v) is 3.31. The van der Waals surface area contributed by atoms with E-state index >= 15 is 0 Å². The Balaban J connectivity index is 2.27. The smallest absolute Gasteiger partial charge is 0.243 e. The van der Waals surface area contributed by atoms with E-state index in [2.05, 4.69) is 11.9 Å². The first-order valence-corrected chi connectivity index (χ1v) is 5.97. The molecule has 2 atom stereocenters. The average Bonchev–Trinajstić information content (AvgIpc) is 2.66. The number of hydrogen-bond donors (Lipinski definition) is 1. The van der Waals surface area contributed by atoms with E-state index in [-0.39, 0.29) is 36.1 Å². The molecule has 0 aliphatic carbocycles. The Morgan fingerprint density at radius 3 is 2.68 bits per heavy atom. The van der Waals surface area contributed by atoms with Crippen molar-refractivity contribution >= 4 is 11.8 Å². The van der Waals surface area contributed by atoms with Gasteiger partial charge in [0.2, 0.25) is 11.8 Å². The van der Waals surface area contributed by atoms with E-state index in [1.807, 2.05) is 0 Å². The maximum absolute atomic E-state index is 12.9. The maximum Gasteiger partial charge on any atom is 0.243 e. The molecule has 1 saturated heterocycles. The lowest BCUT2D eigenvalue weighted by Crippen LogP contribution is -2.38. The van der Waals surface area contributed by atoms with Gasteiger partial charge in [0.25, 0.3) is 0 Å². The molecule has 1 aromatic rings. The number of nitrogens with zero attached hydrogens (tertiary/aromatic N) is 1. The Bertz CT molecular complexity index is 513. The van der Waals surface area contributed by atoms with E-state index in [9.17, 15) is 14.0 Å². The molecular formula is C14H15FN2O2. The van der Waals surface area contributed by atoms with E-state index in [4.69, 9.17) is 0 Å². The number of carbonyl (C=O) groups is 2. The molecule has 0 aromatic heterocycles. The molecule has 0 bridgehead atoms. The molecule has 1 N–H and O–H groups in total. The largest absolute Gasteiger partial charge is 0.347 e. The minimum atomic E-state index is -0.331. The number of nitrogens with one attached hydrogen (secondary N) is 1. The highest BCUT2D eigenvalue weighted by Crippen LogP contribution is 2.31. The van der Waals surface area contributed by atoms with E-state index in [1.54, 1.807) is 24.1 Å². The highest BCUT2D eigenvalue weighted by Gasteiger charge is 2.38. The Kier molecular flexibility index (Phi) is 3.64. The highest BCUT2D eigenvalue weighted by atomic mass is 19.1. The van der Waals surface area contributed by atoms with Crippen LogP contribution in [-0.4, -0.2) is 29.8 Å². The summed E-state index contributed by atoms with van der Waals surface area (Å²) in [6, 6.07) is 5.34. The fourth-order valence-corrected chi connectivity index (χ4v) is 2.36. The zero-order chi connectivity index (χ0) is 14.0. The van der Waals surface area contributed by atoms with Gasteiger partial charge in [-0.15, -0.1) is 0 Å². The van der Waals surface area contributed by atoms with Crippen molar-refractivity contribution in [3.05, 3.63) is 48.3 Å². The van der Waals surface area contributed by atoms with Gasteiger partial charge in [0.05, 0.1) is 12.1 Å². The third-order valence-electron chi connectivity index (χ3n) is 3.31. The summed E-state index contributed by atoms with van der Waals surface area (Å²) in [6.45, 7) is 3.39. The number of benzene rings is 1. The number of carbonyl (C=O) groups excluding carboxylic acids is 2. The molecule has 2 unspecified atom stereocenters. The van der Waals surface area contributed by atoms with Crippen molar-refractivity contribution in [2.45, 2.75) is 18.5 Å². The van der Waals surface area contributed by atoms with E-state index in [0.29, 0.717) is 0 Å². The minimum Gasteiger partial charge on any atom is -0.347 e. The Morgan fingerprint density at radius 1 is 1.47 bits per heavy atom. The van der Waals surface area contributed by atoms with Crippen LogP contribution in [0.3, 0.4) is 0 Å². The molecule has 4 nitrogen and oxygen atoms in total. The van der Waals surface area contributed by atoms with Gasteiger partial charge in [0.15, 0.2) is 0 Å². The summed E-state index contributed by atoms with van der Waals surface area (Å²) in [5.41, 5.74) is 0.795. The standard InChI is InChI=1S/C14H15FN2O2/c1-3-12(18)16-11-8-13(19)17(2)14(11)9-4-6-10(15)7-5-9/h3-7,11,14H,1,8H2,2H3,(H,16,18). The minimum absolute atomic E-state index is 0.0521. The molecule has 1 aromatic carbocycles. The first-order valence-electron chi connectivity index (χ1n) is 5.97. The van der Waals surface area contributed by atoms with E-state index in [1.165, 1.54) is 18.2 Å². The van der Waals surface area contributed by atoms with Gasteiger partial charge in [0, 0.05) is 13.5 Å². The second-order valence-electron chi connectivity index (χ2n) is 4.52. The predicted molar refractivity (Wildman–Crippen MR) is 68.7 cm³/mol. The van der Waals surface area contributed by atoms with Crippen LogP contribution in [0.2, 0.25) is 0 Å². The van der Waals surface area contributed by atoms with Crippen LogP contribution >= 0.6 is 0 Å². The first-order chi connectivity index (χ1) is 9.02. The summed E-state index contributed by atoms with van der Waals surface area (Å²) in [6.07, 6.45) is 1.41. The van der Waals surface area contributed by atoms with Gasteiger partial charge >= 0.3 is 0 Å². The van der Waals surface area contributed by atoms with Crippen molar-refractivity contribution in [3.63, 3.8) is 0 Å².